The first kappa shape index (κ1) is 18.6. The molecule has 5 nitrogen and oxygen atoms in total. The molecule has 1 rings (SSSR count). The van der Waals surface area contributed by atoms with Gasteiger partial charge in [-0.05, 0) is 74.2 Å². The van der Waals surface area contributed by atoms with E-state index in [0.717, 1.165) is 24.9 Å². The molecule has 0 bridgehead atoms. The lowest BCUT2D eigenvalue weighted by Crippen LogP contribution is -2.26. The number of nitrogens with zero attached hydrogens (tertiary/aromatic N) is 1. The largest absolute Gasteiger partial charge is 0.316 e. The summed E-state index contributed by atoms with van der Waals surface area (Å²) in [5.74, 6) is 0. The number of unbranched alkanes of at least 4 members (excludes halogenated alkanes) is 1. The van der Waals surface area contributed by atoms with Crippen molar-refractivity contribution in [2.75, 3.05) is 34.2 Å². The van der Waals surface area contributed by atoms with Crippen molar-refractivity contribution in [3.63, 3.8) is 0 Å². The van der Waals surface area contributed by atoms with E-state index in [1.807, 2.05) is 27.2 Å². The average Bonchev–Trinajstić information content (AvgIpc) is 2.40. The zero-order valence-corrected chi connectivity index (χ0v) is 15.2. The van der Waals surface area contributed by atoms with E-state index in [9.17, 15) is 8.42 Å². The van der Waals surface area contributed by atoms with Gasteiger partial charge in [0.25, 0.3) is 0 Å². The smallest absolute Gasteiger partial charge is 0.241 e. The van der Waals surface area contributed by atoms with Crippen LogP contribution in [0, 0.1) is 0 Å². The molecular formula is C14H24BrN3O2S. The first-order chi connectivity index (χ1) is 9.86. The standard InChI is InChI=1S/C14H24BrN3O2S/c1-16-11-12-6-7-13(15)14(10-12)21(19,20)17-8-4-5-9-18(2)3/h6-7,10,16-17H,4-5,8-9,11H2,1-3H3. The first-order valence-corrected chi connectivity index (χ1v) is 9.22. The summed E-state index contributed by atoms with van der Waals surface area (Å²) in [7, 11) is 2.38. The molecule has 0 aliphatic carbocycles. The Balaban J connectivity index is 2.67. The van der Waals surface area contributed by atoms with Crippen molar-refractivity contribution in [3.8, 4) is 0 Å². The highest BCUT2D eigenvalue weighted by Gasteiger charge is 2.17. The van der Waals surface area contributed by atoms with Crippen LogP contribution in [0.3, 0.4) is 0 Å². The quantitative estimate of drug-likeness (QED) is 0.644. The van der Waals surface area contributed by atoms with Gasteiger partial charge in [-0.15, -0.1) is 0 Å². The molecule has 1 aromatic rings. The highest BCUT2D eigenvalue weighted by Crippen LogP contribution is 2.23. The summed E-state index contributed by atoms with van der Waals surface area (Å²) in [4.78, 5) is 2.38. The predicted octanol–water partition coefficient (Wildman–Crippen LogP) is 1.79. The van der Waals surface area contributed by atoms with Gasteiger partial charge < -0.3 is 10.2 Å². The molecule has 0 aliphatic rings. The second kappa shape index (κ2) is 8.85. The minimum atomic E-state index is -3.47. The summed E-state index contributed by atoms with van der Waals surface area (Å²) in [6.07, 6.45) is 1.79. The summed E-state index contributed by atoms with van der Waals surface area (Å²) in [5.41, 5.74) is 0.939. The molecule has 0 radical (unpaired) electrons. The molecule has 0 heterocycles. The normalized spacial score (nSPS) is 12.0. The third-order valence-electron chi connectivity index (χ3n) is 2.99. The summed E-state index contributed by atoms with van der Waals surface area (Å²) in [5, 5.41) is 3.02. The highest BCUT2D eigenvalue weighted by atomic mass is 79.9. The Kier molecular flexibility index (Phi) is 7.83. The van der Waals surface area contributed by atoms with E-state index in [1.165, 1.54) is 0 Å². The van der Waals surface area contributed by atoms with Gasteiger partial charge in [-0.3, -0.25) is 0 Å². The first-order valence-electron chi connectivity index (χ1n) is 6.94. The highest BCUT2D eigenvalue weighted by molar-refractivity contribution is 9.10. The summed E-state index contributed by atoms with van der Waals surface area (Å²) in [6.45, 7) is 2.06. The molecular weight excluding hydrogens is 354 g/mol. The molecule has 0 atom stereocenters. The third kappa shape index (κ3) is 6.44. The Morgan fingerprint density at radius 2 is 1.95 bits per heavy atom. The zero-order valence-electron chi connectivity index (χ0n) is 12.8. The molecule has 0 aliphatic heterocycles. The summed E-state index contributed by atoms with van der Waals surface area (Å²) >= 11 is 3.31. The Labute approximate surface area is 136 Å². The van der Waals surface area contributed by atoms with Crippen LogP contribution in [0.4, 0.5) is 0 Å². The Morgan fingerprint density at radius 1 is 1.24 bits per heavy atom. The van der Waals surface area contributed by atoms with E-state index in [-0.39, 0.29) is 0 Å². The maximum Gasteiger partial charge on any atom is 0.241 e. The van der Waals surface area contributed by atoms with Gasteiger partial charge in [0.1, 0.15) is 0 Å². The van der Waals surface area contributed by atoms with Crippen LogP contribution in [-0.2, 0) is 16.6 Å². The minimum absolute atomic E-state index is 0.294. The van der Waals surface area contributed by atoms with Crippen molar-refractivity contribution in [2.45, 2.75) is 24.3 Å². The second-order valence-electron chi connectivity index (χ2n) is 5.20. The third-order valence-corrected chi connectivity index (χ3v) is 5.45. The van der Waals surface area contributed by atoms with Crippen LogP contribution >= 0.6 is 15.9 Å². The van der Waals surface area contributed by atoms with Crippen molar-refractivity contribution in [3.05, 3.63) is 28.2 Å². The van der Waals surface area contributed by atoms with Crippen LogP contribution in [0.15, 0.2) is 27.6 Å². The van der Waals surface area contributed by atoms with E-state index >= 15 is 0 Å². The van der Waals surface area contributed by atoms with Gasteiger partial charge in [-0.25, -0.2) is 13.1 Å². The fraction of sp³-hybridized carbons (Fsp3) is 0.571. The molecule has 0 fully saturated rings. The van der Waals surface area contributed by atoms with Crippen molar-refractivity contribution in [2.24, 2.45) is 0 Å². The maximum atomic E-state index is 12.3. The molecule has 1 aromatic carbocycles. The fourth-order valence-corrected chi connectivity index (χ4v) is 3.99. The van der Waals surface area contributed by atoms with Gasteiger partial charge in [0.15, 0.2) is 0 Å². The lowest BCUT2D eigenvalue weighted by Gasteiger charge is -2.11. The number of sulfonamides is 1. The molecule has 21 heavy (non-hydrogen) atoms. The molecule has 0 amide bonds. The molecule has 0 unspecified atom stereocenters. The van der Waals surface area contributed by atoms with Gasteiger partial charge in [-0.2, -0.15) is 0 Å². The lowest BCUT2D eigenvalue weighted by molar-refractivity contribution is 0.394. The maximum absolute atomic E-state index is 12.3. The molecule has 120 valence electrons. The van der Waals surface area contributed by atoms with Crippen LogP contribution in [0.5, 0.6) is 0 Å². The van der Waals surface area contributed by atoms with E-state index in [4.69, 9.17) is 0 Å². The van der Waals surface area contributed by atoms with Crippen LogP contribution in [0.1, 0.15) is 18.4 Å². The zero-order chi connectivity index (χ0) is 15.9. The van der Waals surface area contributed by atoms with Crippen molar-refractivity contribution in [1.82, 2.24) is 14.9 Å². The summed E-state index contributed by atoms with van der Waals surface area (Å²) < 4.78 is 27.9. The van der Waals surface area contributed by atoms with Crippen LogP contribution in [0.2, 0.25) is 0 Å². The minimum Gasteiger partial charge on any atom is -0.316 e. The van der Waals surface area contributed by atoms with Crippen molar-refractivity contribution in [1.29, 1.82) is 0 Å². The van der Waals surface area contributed by atoms with Gasteiger partial charge in [-0.1, -0.05) is 6.07 Å². The molecule has 7 heteroatoms. The van der Waals surface area contributed by atoms with Crippen molar-refractivity contribution < 1.29 is 8.42 Å². The molecule has 0 saturated heterocycles. The Bertz CT molecular complexity index is 547. The Hall–Kier alpha value is -0.470. The lowest BCUT2D eigenvalue weighted by atomic mass is 10.2. The van der Waals surface area contributed by atoms with E-state index in [0.29, 0.717) is 22.5 Å². The summed E-state index contributed by atoms with van der Waals surface area (Å²) in [6, 6.07) is 5.37. The van der Waals surface area contributed by atoms with Crippen molar-refractivity contribution >= 4 is 26.0 Å². The molecule has 0 saturated carbocycles. The van der Waals surface area contributed by atoms with Gasteiger partial charge in [0.2, 0.25) is 10.0 Å². The van der Waals surface area contributed by atoms with E-state index < -0.39 is 10.0 Å². The average molecular weight is 378 g/mol. The van der Waals surface area contributed by atoms with Gasteiger partial charge >= 0.3 is 0 Å². The molecule has 0 aromatic heterocycles. The number of benzene rings is 1. The van der Waals surface area contributed by atoms with Crippen LogP contribution in [-0.4, -0.2) is 47.6 Å². The second-order valence-corrected chi connectivity index (χ2v) is 7.79. The number of hydrogen-bond donors (Lipinski definition) is 2. The number of nitrogens with one attached hydrogen (secondary N) is 2. The van der Waals surface area contributed by atoms with Gasteiger partial charge in [0, 0.05) is 17.6 Å². The number of halogens is 1. The SMILES string of the molecule is CNCc1ccc(Br)c(S(=O)(=O)NCCCCN(C)C)c1. The van der Waals surface area contributed by atoms with Crippen LogP contribution < -0.4 is 10.0 Å². The number of rotatable bonds is 9. The van der Waals surface area contributed by atoms with E-state index in [1.54, 1.807) is 12.1 Å². The Morgan fingerprint density at radius 3 is 2.57 bits per heavy atom. The molecule has 0 spiro atoms. The fourth-order valence-electron chi connectivity index (χ4n) is 1.91. The number of hydrogen-bond acceptors (Lipinski definition) is 4. The monoisotopic (exact) mass is 377 g/mol. The van der Waals surface area contributed by atoms with E-state index in [2.05, 4.69) is 30.9 Å². The molecule has 2 N–H and O–H groups in total. The predicted molar refractivity (Wildman–Crippen MR) is 89.9 cm³/mol. The topological polar surface area (TPSA) is 61.4 Å². The van der Waals surface area contributed by atoms with Crippen LogP contribution in [0.25, 0.3) is 0 Å². The van der Waals surface area contributed by atoms with Gasteiger partial charge in [0.05, 0.1) is 4.90 Å².